The van der Waals surface area contributed by atoms with Crippen LogP contribution in [0.3, 0.4) is 0 Å². The third kappa shape index (κ3) is 2.67. The number of nitrogens with zero attached hydrogens (tertiary/aromatic N) is 1. The zero-order valence-corrected chi connectivity index (χ0v) is 13.3. The van der Waals surface area contributed by atoms with Gasteiger partial charge in [0.05, 0.1) is 18.0 Å². The van der Waals surface area contributed by atoms with E-state index in [4.69, 9.17) is 4.74 Å². The molecule has 4 nitrogen and oxygen atoms in total. The summed E-state index contributed by atoms with van der Waals surface area (Å²) < 4.78 is 33.0. The molecular formula is C19H15F2NO3. The van der Waals surface area contributed by atoms with Crippen molar-refractivity contribution in [3.63, 3.8) is 0 Å². The molecule has 25 heavy (non-hydrogen) atoms. The molecule has 0 bridgehead atoms. The van der Waals surface area contributed by atoms with Crippen molar-refractivity contribution in [1.82, 2.24) is 0 Å². The highest BCUT2D eigenvalue weighted by atomic mass is 19.1. The van der Waals surface area contributed by atoms with Crippen LogP contribution in [0.5, 0.6) is 5.75 Å². The standard InChI is InChI=1S/C19H15F2NO3/c20-15-8-9-16(21)17-14(15)10-22(18(17)23)12-4-6-13(7-5-12)25-19(24)11-2-1-3-11/h4-9,11H,1-3,10H2. The minimum absolute atomic E-state index is 0.0275. The number of benzene rings is 2. The van der Waals surface area contributed by atoms with Crippen LogP contribution in [0.4, 0.5) is 14.5 Å². The van der Waals surface area contributed by atoms with Gasteiger partial charge in [-0.05, 0) is 49.2 Å². The molecule has 0 unspecified atom stereocenters. The van der Waals surface area contributed by atoms with Gasteiger partial charge in [0.15, 0.2) is 0 Å². The van der Waals surface area contributed by atoms with E-state index in [1.807, 2.05) is 0 Å². The second kappa shape index (κ2) is 5.95. The quantitative estimate of drug-likeness (QED) is 0.628. The highest BCUT2D eigenvalue weighted by Gasteiger charge is 2.34. The van der Waals surface area contributed by atoms with Crippen molar-refractivity contribution in [1.29, 1.82) is 0 Å². The zero-order chi connectivity index (χ0) is 17.6. The first-order valence-corrected chi connectivity index (χ1v) is 8.15. The normalized spacial score (nSPS) is 16.6. The molecule has 0 saturated heterocycles. The van der Waals surface area contributed by atoms with Crippen molar-refractivity contribution in [3.8, 4) is 5.75 Å². The van der Waals surface area contributed by atoms with Gasteiger partial charge >= 0.3 is 5.97 Å². The summed E-state index contributed by atoms with van der Waals surface area (Å²) in [5, 5.41) is 0. The number of ether oxygens (including phenoxy) is 1. The molecule has 0 atom stereocenters. The smallest absolute Gasteiger partial charge is 0.314 e. The molecule has 1 aliphatic heterocycles. The van der Waals surface area contributed by atoms with Crippen LogP contribution < -0.4 is 9.64 Å². The Morgan fingerprint density at radius 3 is 2.32 bits per heavy atom. The van der Waals surface area contributed by atoms with Gasteiger partial charge in [-0.25, -0.2) is 8.78 Å². The molecule has 1 heterocycles. The highest BCUT2D eigenvalue weighted by molar-refractivity contribution is 6.10. The topological polar surface area (TPSA) is 46.6 Å². The molecule has 4 rings (SSSR count). The number of hydrogen-bond acceptors (Lipinski definition) is 3. The molecule has 6 heteroatoms. The van der Waals surface area contributed by atoms with Crippen molar-refractivity contribution in [2.24, 2.45) is 5.92 Å². The molecular weight excluding hydrogens is 328 g/mol. The highest BCUT2D eigenvalue weighted by Crippen LogP contribution is 2.33. The zero-order valence-electron chi connectivity index (χ0n) is 13.3. The summed E-state index contributed by atoms with van der Waals surface area (Å²) in [5.41, 5.74) is 0.328. The largest absolute Gasteiger partial charge is 0.426 e. The Hall–Kier alpha value is -2.76. The molecule has 1 fully saturated rings. The number of carbonyl (C=O) groups is 2. The van der Waals surface area contributed by atoms with Gasteiger partial charge < -0.3 is 9.64 Å². The van der Waals surface area contributed by atoms with Gasteiger partial charge in [-0.2, -0.15) is 0 Å². The Labute approximate surface area is 143 Å². The number of amides is 1. The molecule has 1 aliphatic carbocycles. The van der Waals surface area contributed by atoms with Crippen molar-refractivity contribution in [3.05, 3.63) is 59.2 Å². The molecule has 2 aromatic rings. The van der Waals surface area contributed by atoms with Crippen LogP contribution in [0.1, 0.15) is 35.2 Å². The first-order chi connectivity index (χ1) is 12.0. The Morgan fingerprint density at radius 2 is 1.72 bits per heavy atom. The molecule has 0 N–H and O–H groups in total. The minimum Gasteiger partial charge on any atom is -0.426 e. The summed E-state index contributed by atoms with van der Waals surface area (Å²) in [6.07, 6.45) is 2.76. The fourth-order valence-corrected chi connectivity index (χ4v) is 3.09. The van der Waals surface area contributed by atoms with E-state index in [0.29, 0.717) is 11.4 Å². The van der Waals surface area contributed by atoms with Crippen molar-refractivity contribution in [2.75, 3.05) is 4.90 Å². The van der Waals surface area contributed by atoms with Crippen LogP contribution in [0.2, 0.25) is 0 Å². The van der Waals surface area contributed by atoms with Gasteiger partial charge in [-0.15, -0.1) is 0 Å². The van der Waals surface area contributed by atoms with E-state index in [1.165, 1.54) is 4.90 Å². The maximum Gasteiger partial charge on any atom is 0.314 e. The predicted octanol–water partition coefficient (Wildman–Crippen LogP) is 3.83. The fraction of sp³-hybridized carbons (Fsp3) is 0.263. The third-order valence-electron chi connectivity index (χ3n) is 4.79. The Morgan fingerprint density at radius 1 is 1.04 bits per heavy atom. The number of carbonyl (C=O) groups excluding carboxylic acids is 2. The van der Waals surface area contributed by atoms with Gasteiger partial charge in [-0.1, -0.05) is 6.42 Å². The molecule has 128 valence electrons. The summed E-state index contributed by atoms with van der Waals surface area (Å²) in [6, 6.07) is 8.34. The van der Waals surface area contributed by atoms with Crippen LogP contribution in [0.25, 0.3) is 0 Å². The van der Waals surface area contributed by atoms with E-state index in [9.17, 15) is 18.4 Å². The van der Waals surface area contributed by atoms with Gasteiger partial charge in [0.2, 0.25) is 0 Å². The maximum atomic E-state index is 13.9. The number of esters is 1. The molecule has 0 aromatic heterocycles. The summed E-state index contributed by atoms with van der Waals surface area (Å²) in [7, 11) is 0. The van der Waals surface area contributed by atoms with Crippen LogP contribution in [0.15, 0.2) is 36.4 Å². The van der Waals surface area contributed by atoms with Crippen molar-refractivity contribution >= 4 is 17.6 Å². The average molecular weight is 343 g/mol. The summed E-state index contributed by atoms with van der Waals surface area (Å²) in [4.78, 5) is 25.5. The number of fused-ring (bicyclic) bond motifs is 1. The predicted molar refractivity (Wildman–Crippen MR) is 86.3 cm³/mol. The Bertz CT molecular complexity index is 860. The van der Waals surface area contributed by atoms with Crippen LogP contribution in [-0.2, 0) is 11.3 Å². The van der Waals surface area contributed by atoms with Gasteiger partial charge in [0.25, 0.3) is 5.91 Å². The molecule has 1 amide bonds. The van der Waals surface area contributed by atoms with Gasteiger partial charge in [0, 0.05) is 11.3 Å². The lowest BCUT2D eigenvalue weighted by molar-refractivity contribution is -0.141. The van der Waals surface area contributed by atoms with Crippen LogP contribution in [0, 0.1) is 17.6 Å². The number of hydrogen-bond donors (Lipinski definition) is 0. The van der Waals surface area contributed by atoms with Gasteiger partial charge in [-0.3, -0.25) is 9.59 Å². The lowest BCUT2D eigenvalue weighted by Crippen LogP contribution is -2.26. The minimum atomic E-state index is -0.727. The van der Waals surface area contributed by atoms with Crippen molar-refractivity contribution in [2.45, 2.75) is 25.8 Å². The van der Waals surface area contributed by atoms with E-state index in [1.54, 1.807) is 24.3 Å². The van der Waals surface area contributed by atoms with Gasteiger partial charge in [0.1, 0.15) is 17.4 Å². The monoisotopic (exact) mass is 343 g/mol. The third-order valence-corrected chi connectivity index (χ3v) is 4.79. The lowest BCUT2D eigenvalue weighted by atomic mass is 9.86. The molecule has 2 aromatic carbocycles. The summed E-state index contributed by atoms with van der Waals surface area (Å²) >= 11 is 0. The molecule has 0 spiro atoms. The van der Waals surface area contributed by atoms with Crippen LogP contribution in [-0.4, -0.2) is 11.9 Å². The van der Waals surface area contributed by atoms with E-state index < -0.39 is 17.5 Å². The van der Waals surface area contributed by atoms with E-state index in [-0.39, 0.29) is 29.6 Å². The summed E-state index contributed by atoms with van der Waals surface area (Å²) in [5.74, 6) is -1.78. The van der Waals surface area contributed by atoms with E-state index in [0.717, 1.165) is 31.4 Å². The number of halogens is 2. The van der Waals surface area contributed by atoms with Crippen molar-refractivity contribution < 1.29 is 23.1 Å². The fourth-order valence-electron chi connectivity index (χ4n) is 3.09. The lowest BCUT2D eigenvalue weighted by Gasteiger charge is -2.23. The molecule has 2 aliphatic rings. The second-order valence-corrected chi connectivity index (χ2v) is 6.32. The molecule has 0 radical (unpaired) electrons. The maximum absolute atomic E-state index is 13.9. The van der Waals surface area contributed by atoms with E-state index in [2.05, 4.69) is 0 Å². The first-order valence-electron chi connectivity index (χ1n) is 8.15. The van der Waals surface area contributed by atoms with Crippen LogP contribution >= 0.6 is 0 Å². The number of anilines is 1. The number of rotatable bonds is 3. The SMILES string of the molecule is O=C(Oc1ccc(N2Cc3c(F)ccc(F)c3C2=O)cc1)C1CCC1. The van der Waals surface area contributed by atoms with E-state index >= 15 is 0 Å². The first kappa shape index (κ1) is 15.7. The molecule has 1 saturated carbocycles. The summed E-state index contributed by atoms with van der Waals surface area (Å²) in [6.45, 7) is -0.0288. The Kier molecular flexibility index (Phi) is 3.75. The average Bonchev–Trinajstić information content (AvgIpc) is 2.89. The second-order valence-electron chi connectivity index (χ2n) is 6.32. The Balaban J connectivity index is 1.53.